The lowest BCUT2D eigenvalue weighted by Crippen LogP contribution is -1.79. The van der Waals surface area contributed by atoms with E-state index in [9.17, 15) is 0 Å². The maximum Gasteiger partial charge on any atom is 0.0453 e. The average Bonchev–Trinajstić information content (AvgIpc) is 3.34. The largest absolute Gasteiger partial charge is 0.361 e. The number of H-pyrrole nitrogens is 2. The van der Waals surface area contributed by atoms with Crippen LogP contribution in [0.25, 0.3) is 34.7 Å². The van der Waals surface area contributed by atoms with E-state index >= 15 is 0 Å². The Morgan fingerprint density at radius 2 is 0.917 bits per heavy atom. The Labute approximate surface area is 141 Å². The van der Waals surface area contributed by atoms with Crippen LogP contribution in [0.2, 0.25) is 0 Å². The molecule has 0 spiro atoms. The molecule has 4 rings (SSSR count). The van der Waals surface area contributed by atoms with Gasteiger partial charge in [-0.2, -0.15) is 0 Å². The van der Waals surface area contributed by atoms with Gasteiger partial charge in [0.1, 0.15) is 0 Å². The molecule has 0 aliphatic heterocycles. The van der Waals surface area contributed by atoms with E-state index in [4.69, 9.17) is 0 Å². The molecule has 2 N–H and O–H groups in total. The molecule has 0 bridgehead atoms. The summed E-state index contributed by atoms with van der Waals surface area (Å²) in [5, 5.41) is 0. The molecule has 24 heavy (non-hydrogen) atoms. The van der Waals surface area contributed by atoms with Crippen molar-refractivity contribution >= 4 is 12.2 Å². The second-order valence-electron chi connectivity index (χ2n) is 5.74. The van der Waals surface area contributed by atoms with Crippen LogP contribution in [0.3, 0.4) is 0 Å². The van der Waals surface area contributed by atoms with Gasteiger partial charge >= 0.3 is 0 Å². The second-order valence-corrected chi connectivity index (χ2v) is 5.74. The lowest BCUT2D eigenvalue weighted by Gasteiger charge is -2.01. The van der Waals surface area contributed by atoms with E-state index in [1.807, 2.05) is 24.5 Å². The molecule has 2 heteroatoms. The van der Waals surface area contributed by atoms with Gasteiger partial charge in [0.05, 0.1) is 0 Å². The van der Waals surface area contributed by atoms with Crippen LogP contribution in [0.1, 0.15) is 11.1 Å². The van der Waals surface area contributed by atoms with Gasteiger partial charge in [0.25, 0.3) is 0 Å². The Morgan fingerprint density at radius 3 is 1.25 bits per heavy atom. The Kier molecular flexibility index (Phi) is 3.86. The minimum absolute atomic E-state index is 1.14. The van der Waals surface area contributed by atoms with Crippen molar-refractivity contribution in [2.45, 2.75) is 0 Å². The number of aromatic amines is 2. The number of aromatic nitrogens is 2. The Balaban J connectivity index is 1.48. The van der Waals surface area contributed by atoms with Crippen molar-refractivity contribution in [3.63, 3.8) is 0 Å². The fourth-order valence-corrected chi connectivity index (χ4v) is 2.76. The SMILES string of the molecule is C(=Cc1ccc(-c2ccc[nH]2)cc1)c1ccc(-c2ccc[nH]2)cc1. The highest BCUT2D eigenvalue weighted by Crippen LogP contribution is 2.20. The van der Waals surface area contributed by atoms with Crippen LogP contribution in [-0.2, 0) is 0 Å². The summed E-state index contributed by atoms with van der Waals surface area (Å²) < 4.78 is 0. The molecular formula is C22H18N2. The maximum atomic E-state index is 3.23. The van der Waals surface area contributed by atoms with Crippen molar-refractivity contribution in [3.05, 3.63) is 96.3 Å². The highest BCUT2D eigenvalue weighted by Gasteiger charge is 1.98. The minimum atomic E-state index is 1.14. The molecule has 0 aliphatic rings. The third kappa shape index (κ3) is 3.08. The summed E-state index contributed by atoms with van der Waals surface area (Å²) in [5.41, 5.74) is 7.08. The van der Waals surface area contributed by atoms with Gasteiger partial charge in [0, 0.05) is 23.8 Å². The lowest BCUT2D eigenvalue weighted by atomic mass is 10.1. The van der Waals surface area contributed by atoms with Gasteiger partial charge in [0.15, 0.2) is 0 Å². The van der Waals surface area contributed by atoms with E-state index in [1.165, 1.54) is 22.3 Å². The summed E-state index contributed by atoms with van der Waals surface area (Å²) >= 11 is 0. The highest BCUT2D eigenvalue weighted by molar-refractivity contribution is 5.72. The molecule has 0 amide bonds. The fourth-order valence-electron chi connectivity index (χ4n) is 2.76. The van der Waals surface area contributed by atoms with Crippen molar-refractivity contribution in [1.29, 1.82) is 0 Å². The maximum absolute atomic E-state index is 3.23. The third-order valence-electron chi connectivity index (χ3n) is 4.11. The van der Waals surface area contributed by atoms with Gasteiger partial charge in [-0.25, -0.2) is 0 Å². The van der Waals surface area contributed by atoms with E-state index in [0.717, 1.165) is 11.4 Å². The van der Waals surface area contributed by atoms with Crippen molar-refractivity contribution in [2.24, 2.45) is 0 Å². The summed E-state index contributed by atoms with van der Waals surface area (Å²) in [7, 11) is 0. The van der Waals surface area contributed by atoms with Gasteiger partial charge in [-0.05, 0) is 46.5 Å². The topological polar surface area (TPSA) is 31.6 Å². The van der Waals surface area contributed by atoms with E-state index in [2.05, 4.69) is 82.8 Å². The van der Waals surface area contributed by atoms with Crippen LogP contribution in [0.15, 0.2) is 85.2 Å². The smallest absolute Gasteiger partial charge is 0.0453 e. The monoisotopic (exact) mass is 310 g/mol. The van der Waals surface area contributed by atoms with Gasteiger partial charge in [0.2, 0.25) is 0 Å². The third-order valence-corrected chi connectivity index (χ3v) is 4.11. The summed E-state index contributed by atoms with van der Waals surface area (Å²) in [6.45, 7) is 0. The summed E-state index contributed by atoms with van der Waals surface area (Å²) in [5.74, 6) is 0. The Bertz CT molecular complexity index is 831. The summed E-state index contributed by atoms with van der Waals surface area (Å²) in [6, 6.07) is 25.3. The highest BCUT2D eigenvalue weighted by atomic mass is 14.7. The number of hydrogen-bond acceptors (Lipinski definition) is 0. The van der Waals surface area contributed by atoms with E-state index in [0.29, 0.717) is 0 Å². The predicted molar refractivity (Wildman–Crippen MR) is 101 cm³/mol. The Hall–Kier alpha value is -3.26. The molecule has 0 aliphatic carbocycles. The molecule has 2 heterocycles. The summed E-state index contributed by atoms with van der Waals surface area (Å²) in [4.78, 5) is 6.45. The van der Waals surface area contributed by atoms with Crippen molar-refractivity contribution < 1.29 is 0 Å². The first-order valence-corrected chi connectivity index (χ1v) is 8.04. The normalized spacial score (nSPS) is 11.2. The summed E-state index contributed by atoms with van der Waals surface area (Å²) in [6.07, 6.45) is 8.17. The lowest BCUT2D eigenvalue weighted by molar-refractivity contribution is 1.40. The van der Waals surface area contributed by atoms with Crippen LogP contribution in [0.4, 0.5) is 0 Å². The predicted octanol–water partition coefficient (Wildman–Crippen LogP) is 5.85. The molecule has 2 aromatic heterocycles. The first-order chi connectivity index (χ1) is 11.9. The quantitative estimate of drug-likeness (QED) is 0.443. The molecule has 2 nitrogen and oxygen atoms in total. The molecule has 0 saturated heterocycles. The number of benzene rings is 2. The molecule has 0 saturated carbocycles. The molecule has 2 aromatic carbocycles. The standard InChI is InChI=1S/C22H18N2/c1-3-21(23-15-1)19-11-7-17(8-12-19)5-6-18-9-13-20(14-10-18)22-4-2-16-24-22/h1-16,23-24H. The van der Waals surface area contributed by atoms with Crippen molar-refractivity contribution in [1.82, 2.24) is 9.97 Å². The Morgan fingerprint density at radius 1 is 0.500 bits per heavy atom. The minimum Gasteiger partial charge on any atom is -0.361 e. The zero-order valence-corrected chi connectivity index (χ0v) is 13.2. The van der Waals surface area contributed by atoms with Crippen LogP contribution < -0.4 is 0 Å². The van der Waals surface area contributed by atoms with E-state index in [-0.39, 0.29) is 0 Å². The van der Waals surface area contributed by atoms with Gasteiger partial charge in [-0.15, -0.1) is 0 Å². The van der Waals surface area contributed by atoms with E-state index in [1.54, 1.807) is 0 Å². The van der Waals surface area contributed by atoms with E-state index < -0.39 is 0 Å². The molecule has 0 fully saturated rings. The second kappa shape index (κ2) is 6.47. The molecular weight excluding hydrogens is 292 g/mol. The molecule has 116 valence electrons. The average molecular weight is 310 g/mol. The van der Waals surface area contributed by atoms with Crippen LogP contribution >= 0.6 is 0 Å². The number of rotatable bonds is 4. The van der Waals surface area contributed by atoms with Gasteiger partial charge in [-0.1, -0.05) is 60.7 Å². The zero-order chi connectivity index (χ0) is 16.2. The number of nitrogens with one attached hydrogen (secondary N) is 2. The first kappa shape index (κ1) is 14.3. The van der Waals surface area contributed by atoms with Crippen LogP contribution in [0, 0.1) is 0 Å². The molecule has 0 atom stereocenters. The van der Waals surface area contributed by atoms with Crippen LogP contribution in [0.5, 0.6) is 0 Å². The van der Waals surface area contributed by atoms with Gasteiger partial charge in [-0.3, -0.25) is 0 Å². The fraction of sp³-hybridized carbons (Fsp3) is 0. The van der Waals surface area contributed by atoms with Gasteiger partial charge < -0.3 is 9.97 Å². The van der Waals surface area contributed by atoms with Crippen molar-refractivity contribution in [2.75, 3.05) is 0 Å². The molecule has 0 unspecified atom stereocenters. The van der Waals surface area contributed by atoms with Crippen LogP contribution in [-0.4, -0.2) is 9.97 Å². The molecule has 0 radical (unpaired) electrons. The first-order valence-electron chi connectivity index (χ1n) is 8.04. The number of hydrogen-bond donors (Lipinski definition) is 2. The van der Waals surface area contributed by atoms with Crippen molar-refractivity contribution in [3.8, 4) is 22.5 Å². The molecule has 4 aromatic rings. The zero-order valence-electron chi connectivity index (χ0n) is 13.2.